The number of benzene rings is 2. The highest BCUT2D eigenvalue weighted by Crippen LogP contribution is 2.30. The van der Waals surface area contributed by atoms with Crippen LogP contribution in [0, 0.1) is 0 Å². The van der Waals surface area contributed by atoms with Gasteiger partial charge in [0.2, 0.25) is 15.9 Å². The van der Waals surface area contributed by atoms with E-state index in [2.05, 4.69) is 5.32 Å². The normalized spacial score (nSPS) is 15.3. The Morgan fingerprint density at radius 2 is 1.86 bits per heavy atom. The summed E-state index contributed by atoms with van der Waals surface area (Å²) in [6, 6.07) is 9.31. The van der Waals surface area contributed by atoms with Gasteiger partial charge < -0.3 is 14.8 Å². The van der Waals surface area contributed by atoms with Gasteiger partial charge >= 0.3 is 0 Å². The van der Waals surface area contributed by atoms with Gasteiger partial charge in [0.15, 0.2) is 11.5 Å². The van der Waals surface area contributed by atoms with E-state index >= 15 is 0 Å². The summed E-state index contributed by atoms with van der Waals surface area (Å²) in [5.41, 5.74) is 0.924. The first-order valence-corrected chi connectivity index (χ1v) is 10.6. The predicted octanol–water partition coefficient (Wildman–Crippen LogP) is 2.35. The van der Waals surface area contributed by atoms with Gasteiger partial charge in [0, 0.05) is 13.0 Å². The van der Waals surface area contributed by atoms with E-state index in [0.29, 0.717) is 15.8 Å². The van der Waals surface area contributed by atoms with Crippen LogP contribution in [-0.4, -0.2) is 40.2 Å². The van der Waals surface area contributed by atoms with Crippen molar-refractivity contribution in [2.45, 2.75) is 13.0 Å². The van der Waals surface area contributed by atoms with Gasteiger partial charge in [-0.05, 0) is 35.9 Å². The van der Waals surface area contributed by atoms with Crippen molar-refractivity contribution in [1.82, 2.24) is 5.32 Å². The quantitative estimate of drug-likeness (QED) is 0.742. The molecule has 1 fully saturated rings. The molecule has 10 heteroatoms. The fourth-order valence-corrected chi connectivity index (χ4v) is 4.61. The highest BCUT2D eigenvalue weighted by atomic mass is 35.5. The first-order chi connectivity index (χ1) is 13.8. The third kappa shape index (κ3) is 4.30. The van der Waals surface area contributed by atoms with E-state index in [0.717, 1.165) is 5.56 Å². The molecule has 2 aromatic carbocycles. The largest absolute Gasteiger partial charge is 0.493 e. The van der Waals surface area contributed by atoms with Crippen LogP contribution in [0.25, 0.3) is 0 Å². The lowest BCUT2D eigenvalue weighted by atomic mass is 10.1. The zero-order valence-corrected chi connectivity index (χ0v) is 17.3. The molecule has 2 amide bonds. The predicted molar refractivity (Wildman–Crippen MR) is 108 cm³/mol. The highest BCUT2D eigenvalue weighted by Gasteiger charge is 2.36. The number of halogens is 1. The van der Waals surface area contributed by atoms with E-state index < -0.39 is 21.8 Å². The molecule has 1 aliphatic rings. The summed E-state index contributed by atoms with van der Waals surface area (Å²) in [5.74, 6) is -0.207. The van der Waals surface area contributed by atoms with Crippen LogP contribution in [-0.2, 0) is 21.4 Å². The Morgan fingerprint density at radius 1 is 1.14 bits per heavy atom. The molecule has 0 aliphatic carbocycles. The zero-order chi connectivity index (χ0) is 21.2. The Bertz CT molecular complexity index is 1070. The molecule has 1 heterocycles. The average molecular weight is 439 g/mol. The number of nitrogens with one attached hydrogen (secondary N) is 1. The second-order valence-corrected chi connectivity index (χ2v) is 8.60. The molecule has 1 aliphatic heterocycles. The summed E-state index contributed by atoms with van der Waals surface area (Å²) in [7, 11) is -0.691. The maximum absolute atomic E-state index is 12.6. The van der Waals surface area contributed by atoms with Gasteiger partial charge in [0.05, 0.1) is 36.2 Å². The number of ether oxygens (including phenoxy) is 2. The van der Waals surface area contributed by atoms with Crippen molar-refractivity contribution in [3.63, 3.8) is 0 Å². The maximum atomic E-state index is 12.6. The summed E-state index contributed by atoms with van der Waals surface area (Å²) in [4.78, 5) is 24.6. The van der Waals surface area contributed by atoms with E-state index in [4.69, 9.17) is 21.1 Å². The number of carbonyl (C=O) groups excluding carboxylic acids is 2. The zero-order valence-electron chi connectivity index (χ0n) is 15.8. The number of anilines is 1. The number of hydrogen-bond donors (Lipinski definition) is 1. The van der Waals surface area contributed by atoms with Crippen LogP contribution >= 0.6 is 11.6 Å². The molecule has 1 saturated heterocycles. The molecule has 29 heavy (non-hydrogen) atoms. The first kappa shape index (κ1) is 20.9. The topological polar surface area (TPSA) is 102 Å². The third-order valence-electron chi connectivity index (χ3n) is 4.41. The molecule has 8 nitrogen and oxygen atoms in total. The lowest BCUT2D eigenvalue weighted by Gasteiger charge is -2.16. The Morgan fingerprint density at radius 3 is 2.48 bits per heavy atom. The number of sulfonamides is 1. The van der Waals surface area contributed by atoms with Crippen LogP contribution < -0.4 is 19.1 Å². The Kier molecular flexibility index (Phi) is 5.99. The molecule has 1 N–H and O–H groups in total. The van der Waals surface area contributed by atoms with E-state index in [9.17, 15) is 18.0 Å². The maximum Gasteiger partial charge on any atom is 0.253 e. The van der Waals surface area contributed by atoms with E-state index in [1.54, 1.807) is 18.2 Å². The number of nitrogens with zero attached hydrogens (tertiary/aromatic N) is 1. The monoisotopic (exact) mass is 438 g/mol. The summed E-state index contributed by atoms with van der Waals surface area (Å²) in [5, 5.41) is 2.86. The minimum Gasteiger partial charge on any atom is -0.493 e. The average Bonchev–Trinajstić information content (AvgIpc) is 2.98. The number of methoxy groups -OCH3 is 2. The number of rotatable bonds is 6. The second kappa shape index (κ2) is 8.30. The lowest BCUT2D eigenvalue weighted by molar-refractivity contribution is -0.116. The Balaban J connectivity index is 1.80. The van der Waals surface area contributed by atoms with Crippen molar-refractivity contribution < 1.29 is 27.5 Å². The van der Waals surface area contributed by atoms with Crippen molar-refractivity contribution >= 4 is 39.1 Å². The minimum absolute atomic E-state index is 0.0690. The molecule has 0 radical (unpaired) electrons. The standard InChI is InChI=1S/C19H19ClN2O6S/c1-27-16-6-3-12(9-17(16)28-2)11-21-19(24)14-10-13(4-5-15(14)20)22-18(23)7-8-29(22,25)26/h3-6,9-10H,7-8,11H2,1-2H3,(H,21,24). The van der Waals surface area contributed by atoms with Gasteiger partial charge in [0.1, 0.15) is 0 Å². The number of amides is 2. The van der Waals surface area contributed by atoms with Crippen LogP contribution in [0.4, 0.5) is 5.69 Å². The van der Waals surface area contributed by atoms with Crippen LogP contribution in [0.1, 0.15) is 22.3 Å². The lowest BCUT2D eigenvalue weighted by Crippen LogP contribution is -2.30. The molecule has 0 saturated carbocycles. The van der Waals surface area contributed by atoms with Gasteiger partial charge in [-0.2, -0.15) is 0 Å². The molecule has 154 valence electrons. The van der Waals surface area contributed by atoms with E-state index in [1.165, 1.54) is 32.4 Å². The molecule has 0 unspecified atom stereocenters. The van der Waals surface area contributed by atoms with Crippen LogP contribution in [0.2, 0.25) is 5.02 Å². The van der Waals surface area contributed by atoms with Crippen molar-refractivity contribution in [3.8, 4) is 11.5 Å². The second-order valence-electron chi connectivity index (χ2n) is 6.26. The summed E-state index contributed by atoms with van der Waals surface area (Å²) in [6.07, 6.45) is -0.0915. The van der Waals surface area contributed by atoms with Crippen molar-refractivity contribution in [1.29, 1.82) is 0 Å². The molecule has 0 spiro atoms. The van der Waals surface area contributed by atoms with Crippen LogP contribution in [0.15, 0.2) is 36.4 Å². The SMILES string of the molecule is COc1ccc(CNC(=O)c2cc(N3C(=O)CCS3(=O)=O)ccc2Cl)cc1OC. The van der Waals surface area contributed by atoms with Gasteiger partial charge in [-0.15, -0.1) is 0 Å². The van der Waals surface area contributed by atoms with Gasteiger partial charge in [-0.25, -0.2) is 12.7 Å². The molecule has 0 aromatic heterocycles. The van der Waals surface area contributed by atoms with E-state index in [1.807, 2.05) is 0 Å². The molecular formula is C19H19ClN2O6S. The minimum atomic E-state index is -3.73. The van der Waals surface area contributed by atoms with Crippen molar-refractivity contribution in [3.05, 3.63) is 52.5 Å². The summed E-state index contributed by atoms with van der Waals surface area (Å²) in [6.45, 7) is 0.181. The van der Waals surface area contributed by atoms with Gasteiger partial charge in [0.25, 0.3) is 5.91 Å². The van der Waals surface area contributed by atoms with Crippen LogP contribution in [0.5, 0.6) is 11.5 Å². The Labute approximate surface area is 173 Å². The highest BCUT2D eigenvalue weighted by molar-refractivity contribution is 7.94. The van der Waals surface area contributed by atoms with E-state index in [-0.39, 0.29) is 35.0 Å². The van der Waals surface area contributed by atoms with Gasteiger partial charge in [-0.3, -0.25) is 9.59 Å². The number of hydrogen-bond acceptors (Lipinski definition) is 6. The summed E-state index contributed by atoms with van der Waals surface area (Å²) < 4.78 is 35.4. The van der Waals surface area contributed by atoms with Gasteiger partial charge in [-0.1, -0.05) is 17.7 Å². The molecule has 0 bridgehead atoms. The molecule has 0 atom stereocenters. The molecular weight excluding hydrogens is 420 g/mol. The third-order valence-corrected chi connectivity index (χ3v) is 6.43. The number of carbonyl (C=O) groups is 2. The smallest absolute Gasteiger partial charge is 0.253 e. The molecule has 3 rings (SSSR count). The van der Waals surface area contributed by atoms with Crippen molar-refractivity contribution in [2.75, 3.05) is 24.3 Å². The molecule has 2 aromatic rings. The van der Waals surface area contributed by atoms with Crippen LogP contribution in [0.3, 0.4) is 0 Å². The first-order valence-electron chi connectivity index (χ1n) is 8.61. The fourth-order valence-electron chi connectivity index (χ4n) is 2.95. The summed E-state index contributed by atoms with van der Waals surface area (Å²) >= 11 is 6.12. The van der Waals surface area contributed by atoms with Crippen molar-refractivity contribution in [2.24, 2.45) is 0 Å². The fraction of sp³-hybridized carbons (Fsp3) is 0.263. The Hall–Kier alpha value is -2.78.